The first-order chi connectivity index (χ1) is 13.1. The van der Waals surface area contributed by atoms with Gasteiger partial charge in [0.2, 0.25) is 0 Å². The van der Waals surface area contributed by atoms with Crippen LogP contribution in [0.15, 0.2) is 53.5 Å². The van der Waals surface area contributed by atoms with E-state index in [1.54, 1.807) is 24.3 Å². The van der Waals surface area contributed by atoms with Crippen molar-refractivity contribution < 1.29 is 4.79 Å². The lowest BCUT2D eigenvalue weighted by Crippen LogP contribution is -2.41. The Morgan fingerprint density at radius 1 is 0.926 bits per heavy atom. The molecule has 27 heavy (non-hydrogen) atoms. The van der Waals surface area contributed by atoms with E-state index in [1.165, 1.54) is 0 Å². The number of nitrogens with one attached hydrogen (secondary N) is 3. The highest BCUT2D eigenvalue weighted by molar-refractivity contribution is 6.33. The fourth-order valence-electron chi connectivity index (χ4n) is 2.43. The Kier molecular flexibility index (Phi) is 8.95. The number of rotatable bonds is 8. The summed E-state index contributed by atoms with van der Waals surface area (Å²) in [7, 11) is 0. The molecule has 0 aliphatic rings. The number of benzene rings is 2. The van der Waals surface area contributed by atoms with Gasteiger partial charge >= 0.3 is 0 Å². The molecule has 144 valence electrons. The standard InChI is InChI=1S/C20H24Cl2N4O/c1-2-23-20(25-12-11-15-7-3-5-9-17(15)21)26-14-13-24-19(27)16-8-4-6-10-18(16)22/h3-10H,2,11-14H2,1H3,(H,24,27)(H2,23,25,26). The maximum Gasteiger partial charge on any atom is 0.252 e. The second-order valence-electron chi connectivity index (χ2n) is 5.76. The van der Waals surface area contributed by atoms with Gasteiger partial charge in [-0.25, -0.2) is 0 Å². The van der Waals surface area contributed by atoms with E-state index in [0.29, 0.717) is 36.2 Å². The van der Waals surface area contributed by atoms with Crippen LogP contribution in [0.25, 0.3) is 0 Å². The molecular weight excluding hydrogens is 383 g/mol. The van der Waals surface area contributed by atoms with E-state index in [2.05, 4.69) is 20.9 Å². The van der Waals surface area contributed by atoms with Crippen LogP contribution >= 0.6 is 23.2 Å². The van der Waals surface area contributed by atoms with Gasteiger partial charge in [-0.05, 0) is 37.1 Å². The molecule has 0 radical (unpaired) electrons. The Morgan fingerprint density at radius 3 is 2.30 bits per heavy atom. The van der Waals surface area contributed by atoms with Crippen molar-refractivity contribution in [3.05, 3.63) is 69.7 Å². The fourth-order valence-corrected chi connectivity index (χ4v) is 2.88. The van der Waals surface area contributed by atoms with Gasteiger partial charge in [0.25, 0.3) is 5.91 Å². The Labute approximate surface area is 170 Å². The topological polar surface area (TPSA) is 65.5 Å². The van der Waals surface area contributed by atoms with Gasteiger partial charge < -0.3 is 16.0 Å². The van der Waals surface area contributed by atoms with Crippen LogP contribution in [0.1, 0.15) is 22.8 Å². The lowest BCUT2D eigenvalue weighted by atomic mass is 10.1. The number of guanidine groups is 1. The molecule has 0 heterocycles. The van der Waals surface area contributed by atoms with Crippen molar-refractivity contribution in [1.29, 1.82) is 0 Å². The minimum Gasteiger partial charge on any atom is -0.357 e. The number of hydrogen-bond acceptors (Lipinski definition) is 2. The SMILES string of the molecule is CCNC(=NCCc1ccccc1Cl)NCCNC(=O)c1ccccc1Cl. The van der Waals surface area contributed by atoms with Crippen LogP contribution in [0.2, 0.25) is 10.0 Å². The minimum absolute atomic E-state index is 0.192. The van der Waals surface area contributed by atoms with Gasteiger partial charge in [0.15, 0.2) is 5.96 Å². The van der Waals surface area contributed by atoms with Crippen LogP contribution < -0.4 is 16.0 Å². The Morgan fingerprint density at radius 2 is 1.59 bits per heavy atom. The first-order valence-corrected chi connectivity index (χ1v) is 9.65. The molecule has 1 amide bonds. The zero-order valence-corrected chi connectivity index (χ0v) is 16.8. The van der Waals surface area contributed by atoms with Crippen LogP contribution in [-0.4, -0.2) is 38.0 Å². The second-order valence-corrected chi connectivity index (χ2v) is 6.58. The lowest BCUT2D eigenvalue weighted by Gasteiger charge is -2.12. The fraction of sp³-hybridized carbons (Fsp3) is 0.300. The van der Waals surface area contributed by atoms with Crippen LogP contribution in [0, 0.1) is 0 Å². The average molecular weight is 407 g/mol. The largest absolute Gasteiger partial charge is 0.357 e. The van der Waals surface area contributed by atoms with Crippen molar-refractivity contribution in [2.45, 2.75) is 13.3 Å². The molecule has 0 bridgehead atoms. The number of hydrogen-bond donors (Lipinski definition) is 3. The van der Waals surface area contributed by atoms with Gasteiger partial charge in [-0.15, -0.1) is 0 Å². The molecule has 2 aromatic rings. The van der Waals surface area contributed by atoms with Crippen LogP contribution in [0.3, 0.4) is 0 Å². The maximum atomic E-state index is 12.1. The summed E-state index contributed by atoms with van der Waals surface area (Å²) in [5.74, 6) is 0.514. The minimum atomic E-state index is -0.192. The van der Waals surface area contributed by atoms with Gasteiger partial charge in [0.05, 0.1) is 10.6 Å². The summed E-state index contributed by atoms with van der Waals surface area (Å²) in [4.78, 5) is 16.7. The Balaban J connectivity index is 1.77. The average Bonchev–Trinajstić information content (AvgIpc) is 2.67. The van der Waals surface area contributed by atoms with Crippen molar-refractivity contribution >= 4 is 35.1 Å². The second kappa shape index (κ2) is 11.5. The molecule has 0 spiro atoms. The highest BCUT2D eigenvalue weighted by Gasteiger charge is 2.08. The molecular formula is C20H24Cl2N4O. The lowest BCUT2D eigenvalue weighted by molar-refractivity contribution is 0.0954. The summed E-state index contributed by atoms with van der Waals surface area (Å²) in [6.07, 6.45) is 0.763. The molecule has 0 atom stereocenters. The first kappa shape index (κ1) is 21.1. The van der Waals surface area contributed by atoms with Crippen LogP contribution in [0.5, 0.6) is 0 Å². The zero-order valence-electron chi connectivity index (χ0n) is 15.3. The van der Waals surface area contributed by atoms with Crippen molar-refractivity contribution in [3.63, 3.8) is 0 Å². The predicted molar refractivity (Wildman–Crippen MR) is 113 cm³/mol. The summed E-state index contributed by atoms with van der Waals surface area (Å²) in [5.41, 5.74) is 1.55. The maximum absolute atomic E-state index is 12.1. The van der Waals surface area contributed by atoms with Crippen molar-refractivity contribution in [3.8, 4) is 0 Å². The van der Waals surface area contributed by atoms with Gasteiger partial charge in [0.1, 0.15) is 0 Å². The molecule has 5 nitrogen and oxygen atoms in total. The Bertz CT molecular complexity index is 780. The van der Waals surface area contributed by atoms with E-state index in [0.717, 1.165) is 23.6 Å². The molecule has 0 aliphatic heterocycles. The number of nitrogens with zero attached hydrogens (tertiary/aromatic N) is 1. The summed E-state index contributed by atoms with van der Waals surface area (Å²) in [6.45, 7) is 4.38. The monoisotopic (exact) mass is 406 g/mol. The summed E-state index contributed by atoms with van der Waals surface area (Å²) in [5, 5.41) is 10.4. The molecule has 0 aromatic heterocycles. The number of aliphatic imine (C=N–C) groups is 1. The van der Waals surface area contributed by atoms with Crippen molar-refractivity contribution in [1.82, 2.24) is 16.0 Å². The number of halogens is 2. The summed E-state index contributed by atoms with van der Waals surface area (Å²) < 4.78 is 0. The Hall–Kier alpha value is -2.24. The summed E-state index contributed by atoms with van der Waals surface area (Å²) >= 11 is 12.2. The van der Waals surface area contributed by atoms with Gasteiger partial charge in [-0.1, -0.05) is 53.5 Å². The predicted octanol–water partition coefficient (Wildman–Crippen LogP) is 3.52. The van der Waals surface area contributed by atoms with E-state index in [4.69, 9.17) is 23.2 Å². The highest BCUT2D eigenvalue weighted by Crippen LogP contribution is 2.15. The van der Waals surface area contributed by atoms with E-state index in [9.17, 15) is 4.79 Å². The van der Waals surface area contributed by atoms with Crippen molar-refractivity contribution in [2.75, 3.05) is 26.2 Å². The smallest absolute Gasteiger partial charge is 0.252 e. The molecule has 3 N–H and O–H groups in total. The van der Waals surface area contributed by atoms with E-state index in [-0.39, 0.29) is 5.91 Å². The van der Waals surface area contributed by atoms with Gasteiger partial charge in [0, 0.05) is 31.2 Å². The molecule has 0 unspecified atom stereocenters. The highest BCUT2D eigenvalue weighted by atomic mass is 35.5. The van der Waals surface area contributed by atoms with Crippen LogP contribution in [0.4, 0.5) is 0 Å². The zero-order chi connectivity index (χ0) is 19.5. The molecule has 0 aliphatic carbocycles. The van der Waals surface area contributed by atoms with E-state index >= 15 is 0 Å². The van der Waals surface area contributed by atoms with E-state index in [1.807, 2.05) is 31.2 Å². The molecule has 0 saturated heterocycles. The third kappa shape index (κ3) is 7.12. The summed E-state index contributed by atoms with van der Waals surface area (Å²) in [6, 6.07) is 14.7. The van der Waals surface area contributed by atoms with E-state index < -0.39 is 0 Å². The first-order valence-electron chi connectivity index (χ1n) is 8.90. The molecule has 2 rings (SSSR count). The molecule has 0 fully saturated rings. The molecule has 7 heteroatoms. The number of amides is 1. The molecule has 2 aromatic carbocycles. The molecule has 0 saturated carbocycles. The quantitative estimate of drug-likeness (QED) is 0.357. The third-order valence-corrected chi connectivity index (χ3v) is 4.47. The number of carbonyl (C=O) groups is 1. The van der Waals surface area contributed by atoms with Gasteiger partial charge in [-0.2, -0.15) is 0 Å². The van der Waals surface area contributed by atoms with Crippen LogP contribution in [-0.2, 0) is 6.42 Å². The third-order valence-electron chi connectivity index (χ3n) is 3.77. The number of carbonyl (C=O) groups excluding carboxylic acids is 1. The normalized spacial score (nSPS) is 11.1. The van der Waals surface area contributed by atoms with Gasteiger partial charge in [-0.3, -0.25) is 9.79 Å². The van der Waals surface area contributed by atoms with Crippen molar-refractivity contribution in [2.24, 2.45) is 4.99 Å².